The van der Waals surface area contributed by atoms with Crippen molar-refractivity contribution in [2.45, 2.75) is 19.7 Å². The number of aliphatic imine (C=N–C) groups is 2. The third kappa shape index (κ3) is 4.95. The van der Waals surface area contributed by atoms with Gasteiger partial charge in [0, 0.05) is 47.0 Å². The van der Waals surface area contributed by atoms with Gasteiger partial charge in [0.15, 0.2) is 11.7 Å². The molecule has 6 rings (SSSR count). The van der Waals surface area contributed by atoms with E-state index in [0.29, 0.717) is 47.9 Å². The second-order valence-corrected chi connectivity index (χ2v) is 13.2. The first kappa shape index (κ1) is 27.4. The van der Waals surface area contributed by atoms with Crippen molar-refractivity contribution >= 4 is 81.7 Å². The Hall–Kier alpha value is -2.80. The fourth-order valence-electron chi connectivity index (χ4n) is 5.12. The van der Waals surface area contributed by atoms with Crippen LogP contribution in [0.25, 0.3) is 0 Å². The van der Waals surface area contributed by atoms with Gasteiger partial charge in [0.25, 0.3) is 0 Å². The number of anilines is 2. The summed E-state index contributed by atoms with van der Waals surface area (Å²) in [6.45, 7) is 2.80. The van der Waals surface area contributed by atoms with Crippen molar-refractivity contribution in [1.82, 2.24) is 10.6 Å². The van der Waals surface area contributed by atoms with Gasteiger partial charge >= 0.3 is 11.9 Å². The molecule has 2 aromatic rings. The van der Waals surface area contributed by atoms with Crippen molar-refractivity contribution in [3.05, 3.63) is 46.4 Å². The molecule has 4 aliphatic rings. The summed E-state index contributed by atoms with van der Waals surface area (Å²) >= 11 is 15.2. The second-order valence-electron chi connectivity index (χ2n) is 9.74. The molecule has 2 atom stereocenters. The fourth-order valence-corrected chi connectivity index (χ4v) is 8.55. The molecule has 0 aliphatic carbocycles. The maximum atomic E-state index is 13.5. The smallest absolute Gasteiger partial charge is 0.419 e. The van der Waals surface area contributed by atoms with Gasteiger partial charge in [-0.05, 0) is 36.4 Å². The maximum absolute atomic E-state index is 13.5. The minimum absolute atomic E-state index is 0.264. The predicted molar refractivity (Wildman–Crippen MR) is 159 cm³/mol. The first-order valence-corrected chi connectivity index (χ1v) is 15.0. The SMILES string of the molecule is CN1CC(OC(=O)C(=O)OC2(C3=NCCN3)CN(C)c3ccc(Cl)cc3S2)(C2=NCCN2)Sc2cc(Cl)ccc21. The van der Waals surface area contributed by atoms with E-state index in [-0.39, 0.29) is 13.1 Å². The van der Waals surface area contributed by atoms with E-state index in [9.17, 15) is 9.59 Å². The average Bonchev–Trinajstić information content (AvgIpc) is 3.63. The highest BCUT2D eigenvalue weighted by Gasteiger charge is 2.52. The molecule has 0 radical (unpaired) electrons. The first-order valence-electron chi connectivity index (χ1n) is 12.6. The third-order valence-electron chi connectivity index (χ3n) is 6.86. The van der Waals surface area contributed by atoms with E-state index < -0.39 is 21.8 Å². The van der Waals surface area contributed by atoms with E-state index >= 15 is 0 Å². The van der Waals surface area contributed by atoms with Crippen molar-refractivity contribution in [2.24, 2.45) is 9.98 Å². The van der Waals surface area contributed by atoms with Crippen molar-refractivity contribution in [3.63, 3.8) is 0 Å². The molecule has 4 heterocycles. The van der Waals surface area contributed by atoms with Crippen molar-refractivity contribution < 1.29 is 19.1 Å². The molecule has 0 saturated carbocycles. The lowest BCUT2D eigenvalue weighted by molar-refractivity contribution is -0.172. The molecule has 2 aromatic carbocycles. The Bertz CT molecular complexity index is 1350. The Kier molecular flexibility index (Phi) is 7.22. The molecule has 2 N–H and O–H groups in total. The van der Waals surface area contributed by atoms with Gasteiger partial charge in [-0.1, -0.05) is 46.7 Å². The van der Waals surface area contributed by atoms with Crippen LogP contribution in [0.5, 0.6) is 0 Å². The van der Waals surface area contributed by atoms with Crippen molar-refractivity contribution in [1.29, 1.82) is 0 Å². The number of hydrogen-bond acceptors (Lipinski definition) is 12. The Balaban J connectivity index is 1.30. The molecule has 0 amide bonds. The number of ether oxygens (including phenoxy) is 2. The number of fused-ring (bicyclic) bond motifs is 2. The van der Waals surface area contributed by atoms with E-state index in [0.717, 1.165) is 21.2 Å². The number of halogens is 2. The molecule has 14 heteroatoms. The fraction of sp³-hybridized carbons (Fsp3) is 0.385. The largest absolute Gasteiger partial charge is 0.429 e. The molecule has 0 aromatic heterocycles. The zero-order valence-electron chi connectivity index (χ0n) is 21.7. The van der Waals surface area contributed by atoms with Crippen LogP contribution in [0.1, 0.15) is 0 Å². The van der Waals surface area contributed by atoms with Crippen molar-refractivity contribution in [2.75, 3.05) is 63.2 Å². The lowest BCUT2D eigenvalue weighted by atomic mass is 10.2. The molecule has 0 saturated heterocycles. The number of carbonyl (C=O) groups is 2. The van der Waals surface area contributed by atoms with E-state index in [1.54, 1.807) is 0 Å². The van der Waals surface area contributed by atoms with Gasteiger partial charge in [-0.2, -0.15) is 0 Å². The number of hydrogen-bond donors (Lipinski definition) is 2. The molecule has 0 fully saturated rings. The van der Waals surface area contributed by atoms with Gasteiger partial charge < -0.3 is 29.9 Å². The number of likely N-dealkylation sites (N-methyl/N-ethyl adjacent to an activating group) is 2. The summed E-state index contributed by atoms with van der Waals surface area (Å²) in [5, 5.41) is 7.54. The highest BCUT2D eigenvalue weighted by Crippen LogP contribution is 2.48. The van der Waals surface area contributed by atoms with Crippen LogP contribution in [0.2, 0.25) is 10.0 Å². The number of nitrogens with one attached hydrogen (secondary N) is 2. The van der Waals surface area contributed by atoms with Gasteiger partial charge in [-0.25, -0.2) is 9.59 Å². The minimum Gasteiger partial charge on any atom is -0.429 e. The zero-order valence-corrected chi connectivity index (χ0v) is 24.8. The van der Waals surface area contributed by atoms with Gasteiger partial charge in [-0.3, -0.25) is 9.98 Å². The number of rotatable bonds is 4. The van der Waals surface area contributed by atoms with E-state index in [2.05, 4.69) is 20.6 Å². The van der Waals surface area contributed by atoms with E-state index in [1.165, 1.54) is 23.5 Å². The van der Waals surface area contributed by atoms with Crippen LogP contribution in [0.3, 0.4) is 0 Å². The van der Waals surface area contributed by atoms with E-state index in [1.807, 2.05) is 60.3 Å². The Morgan fingerprint density at radius 2 is 1.23 bits per heavy atom. The highest BCUT2D eigenvalue weighted by atomic mass is 35.5. The standard InChI is InChI=1S/C26H26Cl2N6O4S2/c1-33-13-25(23-29-7-8-30-23,39-19-11-15(27)3-5-17(19)33)37-21(35)22(36)38-26(24-31-9-10-32-24)14-34(2)18-6-4-16(28)12-20(18)40-26/h3-6,11-12H,7-10,13-14H2,1-2H3,(H,29,30)(H,31,32). The normalized spacial score (nSPS) is 25.2. The lowest BCUT2D eigenvalue weighted by Gasteiger charge is -2.42. The number of esters is 2. The van der Waals surface area contributed by atoms with Crippen LogP contribution < -0.4 is 20.4 Å². The molecule has 0 bridgehead atoms. The number of benzene rings is 2. The van der Waals surface area contributed by atoms with Crippen LogP contribution >= 0.6 is 46.7 Å². The van der Waals surface area contributed by atoms with Crippen LogP contribution in [0.4, 0.5) is 11.4 Å². The Labute approximate surface area is 249 Å². The molecule has 40 heavy (non-hydrogen) atoms. The predicted octanol–water partition coefficient (Wildman–Crippen LogP) is 3.26. The summed E-state index contributed by atoms with van der Waals surface area (Å²) in [6.07, 6.45) is 0. The van der Waals surface area contributed by atoms with Gasteiger partial charge in [0.05, 0.1) is 37.6 Å². The average molecular weight is 622 g/mol. The maximum Gasteiger partial charge on any atom is 0.419 e. The number of thioether (sulfide) groups is 2. The number of amidine groups is 2. The lowest BCUT2D eigenvalue weighted by Crippen LogP contribution is -2.57. The molecular weight excluding hydrogens is 595 g/mol. The summed E-state index contributed by atoms with van der Waals surface area (Å²) in [7, 11) is 3.78. The zero-order chi connectivity index (χ0) is 28.1. The number of nitrogens with zero attached hydrogens (tertiary/aromatic N) is 4. The van der Waals surface area contributed by atoms with Crippen LogP contribution in [0.15, 0.2) is 56.2 Å². The molecule has 0 spiro atoms. The van der Waals surface area contributed by atoms with E-state index in [4.69, 9.17) is 32.7 Å². The van der Waals surface area contributed by atoms with Gasteiger partial charge in [0.1, 0.15) is 0 Å². The molecule has 10 nitrogen and oxygen atoms in total. The van der Waals surface area contributed by atoms with Gasteiger partial charge in [-0.15, -0.1) is 0 Å². The summed E-state index contributed by atoms with van der Waals surface area (Å²) in [6, 6.07) is 11.1. The molecule has 4 aliphatic heterocycles. The topological polar surface area (TPSA) is 108 Å². The number of carbonyl (C=O) groups excluding carboxylic acids is 2. The first-order chi connectivity index (χ1) is 19.2. The Morgan fingerprint density at radius 3 is 1.60 bits per heavy atom. The van der Waals surface area contributed by atoms with Crippen molar-refractivity contribution in [3.8, 4) is 0 Å². The quantitative estimate of drug-likeness (QED) is 0.390. The van der Waals surface area contributed by atoms with Gasteiger partial charge in [0.2, 0.25) is 9.87 Å². The van der Waals surface area contributed by atoms with Crippen LogP contribution in [0, 0.1) is 0 Å². The molecular formula is C26H26Cl2N6O4S2. The van der Waals surface area contributed by atoms with Crippen LogP contribution in [-0.2, 0) is 19.1 Å². The Morgan fingerprint density at radius 1 is 0.800 bits per heavy atom. The second kappa shape index (κ2) is 10.6. The monoisotopic (exact) mass is 620 g/mol. The summed E-state index contributed by atoms with van der Waals surface area (Å²) < 4.78 is 12.0. The molecule has 210 valence electrons. The third-order valence-corrected chi connectivity index (χ3v) is 9.89. The van der Waals surface area contributed by atoms with Crippen LogP contribution in [-0.4, -0.2) is 86.8 Å². The summed E-state index contributed by atoms with van der Waals surface area (Å²) in [5.74, 6) is -1.27. The molecule has 2 unspecified atom stereocenters. The summed E-state index contributed by atoms with van der Waals surface area (Å²) in [4.78, 5) is 39.1. The highest BCUT2D eigenvalue weighted by molar-refractivity contribution is 8.01. The summed E-state index contributed by atoms with van der Waals surface area (Å²) in [5.41, 5.74) is 1.87. The minimum atomic E-state index is -1.30.